The summed E-state index contributed by atoms with van der Waals surface area (Å²) in [6.07, 6.45) is 1.92. The minimum Gasteiger partial charge on any atom is -0.478 e. The molecule has 4 rings (SSSR count). The molecule has 0 unspecified atom stereocenters. The zero-order valence-electron chi connectivity index (χ0n) is 16.5. The Morgan fingerprint density at radius 2 is 1.87 bits per heavy atom. The van der Waals surface area contributed by atoms with Gasteiger partial charge in [0.15, 0.2) is 0 Å². The summed E-state index contributed by atoms with van der Waals surface area (Å²) >= 11 is 0. The summed E-state index contributed by atoms with van der Waals surface area (Å²) in [5.74, 6) is -0.824. The van der Waals surface area contributed by atoms with Crippen LogP contribution < -0.4 is 10.9 Å². The Kier molecular flexibility index (Phi) is 5.18. The van der Waals surface area contributed by atoms with Gasteiger partial charge in [-0.2, -0.15) is 4.98 Å². The van der Waals surface area contributed by atoms with Crippen LogP contribution in [0.1, 0.15) is 40.5 Å². The van der Waals surface area contributed by atoms with Crippen LogP contribution in [-0.4, -0.2) is 26.5 Å². The number of nitrogens with zero attached hydrogens (tertiary/aromatic N) is 2. The average Bonchev–Trinajstić information content (AvgIpc) is 3.11. The van der Waals surface area contributed by atoms with E-state index in [0.717, 1.165) is 23.2 Å². The van der Waals surface area contributed by atoms with Gasteiger partial charge in [-0.25, -0.2) is 4.79 Å². The van der Waals surface area contributed by atoms with Gasteiger partial charge in [0.25, 0.3) is 5.56 Å². The largest absolute Gasteiger partial charge is 0.478 e. The molecule has 30 heavy (non-hydrogen) atoms. The molecule has 2 heterocycles. The molecule has 152 valence electrons. The minimum atomic E-state index is -0.973. The van der Waals surface area contributed by atoms with Crippen LogP contribution in [0.2, 0.25) is 0 Å². The van der Waals surface area contributed by atoms with Gasteiger partial charge in [-0.3, -0.25) is 14.9 Å². The highest BCUT2D eigenvalue weighted by atomic mass is 16.4. The van der Waals surface area contributed by atoms with Gasteiger partial charge in [0.05, 0.1) is 5.56 Å². The molecule has 1 aliphatic heterocycles. The van der Waals surface area contributed by atoms with Crippen LogP contribution in [-0.2, 0) is 24.2 Å². The van der Waals surface area contributed by atoms with Crippen molar-refractivity contribution in [1.82, 2.24) is 9.55 Å². The predicted octanol–water partition coefficient (Wildman–Crippen LogP) is 3.10. The van der Waals surface area contributed by atoms with E-state index in [1.165, 1.54) is 0 Å². The van der Waals surface area contributed by atoms with Gasteiger partial charge in [0, 0.05) is 17.7 Å². The van der Waals surface area contributed by atoms with E-state index in [0.29, 0.717) is 29.9 Å². The first kappa shape index (κ1) is 19.6. The number of nitrogens with one attached hydrogen (secondary N) is 1. The smallest absolute Gasteiger partial charge is 0.336 e. The highest BCUT2D eigenvalue weighted by molar-refractivity contribution is 5.96. The van der Waals surface area contributed by atoms with Crippen molar-refractivity contribution in [3.05, 3.63) is 81.3 Å². The highest BCUT2D eigenvalue weighted by Crippen LogP contribution is 2.25. The maximum absolute atomic E-state index is 12.7. The zero-order valence-corrected chi connectivity index (χ0v) is 16.5. The van der Waals surface area contributed by atoms with Crippen molar-refractivity contribution in [2.45, 2.75) is 32.7 Å². The lowest BCUT2D eigenvalue weighted by Gasteiger charge is -2.14. The normalized spacial score (nSPS) is 12.5. The summed E-state index contributed by atoms with van der Waals surface area (Å²) in [5.41, 5.74) is 3.71. The quantitative estimate of drug-likeness (QED) is 0.659. The molecule has 0 saturated carbocycles. The number of anilines is 1. The van der Waals surface area contributed by atoms with Crippen LogP contribution in [0, 0.1) is 0 Å². The Morgan fingerprint density at radius 3 is 2.57 bits per heavy atom. The van der Waals surface area contributed by atoms with E-state index >= 15 is 0 Å². The Hall–Kier alpha value is -3.74. The van der Waals surface area contributed by atoms with Gasteiger partial charge in [-0.1, -0.05) is 55.8 Å². The molecule has 2 aromatic carbocycles. The van der Waals surface area contributed by atoms with Crippen molar-refractivity contribution in [3.63, 3.8) is 0 Å². The minimum absolute atomic E-state index is 0.169. The number of hydrogen-bond acceptors (Lipinski definition) is 4. The molecule has 0 aliphatic carbocycles. The Morgan fingerprint density at radius 1 is 1.13 bits per heavy atom. The molecular formula is C23H21N3O4. The molecule has 0 fully saturated rings. The van der Waals surface area contributed by atoms with Crippen molar-refractivity contribution < 1.29 is 14.7 Å². The highest BCUT2D eigenvalue weighted by Gasteiger charge is 2.24. The summed E-state index contributed by atoms with van der Waals surface area (Å²) in [5, 5.41) is 12.0. The summed E-state index contributed by atoms with van der Waals surface area (Å²) in [7, 11) is 0. The fraction of sp³-hybridized carbons (Fsp3) is 0.217. The van der Waals surface area contributed by atoms with Crippen LogP contribution in [0.3, 0.4) is 0 Å². The second-order valence-corrected chi connectivity index (χ2v) is 7.27. The van der Waals surface area contributed by atoms with Gasteiger partial charge >= 0.3 is 5.97 Å². The number of carboxylic acid groups (broad SMARTS) is 1. The molecule has 2 N–H and O–H groups in total. The fourth-order valence-corrected chi connectivity index (χ4v) is 3.84. The number of benzene rings is 2. The van der Waals surface area contributed by atoms with Crippen molar-refractivity contribution in [3.8, 4) is 11.1 Å². The SMILES string of the molecule is CCCc1c(Cc2ccc(-c3ccccc3C(=O)O)cc2)c(=O)nc2n1CC(=O)N2. The predicted molar refractivity (Wildman–Crippen MR) is 113 cm³/mol. The maximum Gasteiger partial charge on any atom is 0.336 e. The molecule has 0 saturated heterocycles. The first-order valence-corrected chi connectivity index (χ1v) is 9.82. The van der Waals surface area contributed by atoms with Gasteiger partial charge in [-0.15, -0.1) is 0 Å². The van der Waals surface area contributed by atoms with Gasteiger partial charge in [0.2, 0.25) is 11.9 Å². The van der Waals surface area contributed by atoms with E-state index in [2.05, 4.69) is 10.3 Å². The molecule has 7 heteroatoms. The van der Waals surface area contributed by atoms with Gasteiger partial charge in [0.1, 0.15) is 6.54 Å². The van der Waals surface area contributed by atoms with E-state index < -0.39 is 5.97 Å². The fourth-order valence-electron chi connectivity index (χ4n) is 3.84. The molecule has 3 aromatic rings. The van der Waals surface area contributed by atoms with Crippen molar-refractivity contribution in [2.24, 2.45) is 0 Å². The number of carbonyl (C=O) groups is 2. The molecule has 0 atom stereocenters. The number of hydrogen-bond donors (Lipinski definition) is 2. The lowest BCUT2D eigenvalue weighted by Crippen LogP contribution is -2.22. The third kappa shape index (κ3) is 3.61. The Bertz CT molecular complexity index is 1200. The molecular weight excluding hydrogens is 382 g/mol. The van der Waals surface area contributed by atoms with Crippen molar-refractivity contribution >= 4 is 17.8 Å². The molecule has 7 nitrogen and oxygen atoms in total. The van der Waals surface area contributed by atoms with E-state index in [-0.39, 0.29) is 23.6 Å². The molecule has 0 radical (unpaired) electrons. The standard InChI is InChI=1S/C23H21N3O4/c1-2-5-19-18(21(28)25-23-24-20(27)13-26(19)23)12-14-8-10-15(11-9-14)16-6-3-4-7-17(16)22(29)30/h3-4,6-11H,2,5,12-13H2,1H3,(H,29,30)(H,24,25,27,28). The van der Waals surface area contributed by atoms with Crippen LogP contribution >= 0.6 is 0 Å². The van der Waals surface area contributed by atoms with Gasteiger partial charge in [-0.05, 0) is 29.2 Å². The maximum atomic E-state index is 12.7. The third-order valence-electron chi connectivity index (χ3n) is 5.24. The van der Waals surface area contributed by atoms with E-state index in [4.69, 9.17) is 0 Å². The summed E-state index contributed by atoms with van der Waals surface area (Å²) in [6, 6.07) is 14.4. The first-order chi connectivity index (χ1) is 14.5. The average molecular weight is 403 g/mol. The lowest BCUT2D eigenvalue weighted by molar-refractivity contribution is -0.115. The van der Waals surface area contributed by atoms with Crippen LogP contribution in [0.25, 0.3) is 11.1 Å². The number of aromatic carboxylic acids is 1. The first-order valence-electron chi connectivity index (χ1n) is 9.82. The second kappa shape index (κ2) is 7.94. The Labute approximate surface area is 173 Å². The molecule has 0 spiro atoms. The van der Waals surface area contributed by atoms with E-state index in [1.54, 1.807) is 28.8 Å². The molecule has 1 amide bonds. The lowest BCUT2D eigenvalue weighted by atomic mass is 9.96. The second-order valence-electron chi connectivity index (χ2n) is 7.27. The number of amides is 1. The molecule has 1 aromatic heterocycles. The molecule has 0 bridgehead atoms. The number of fused-ring (bicyclic) bond motifs is 1. The number of rotatable bonds is 6. The number of carbonyl (C=O) groups excluding carboxylic acids is 1. The zero-order chi connectivity index (χ0) is 21.3. The third-order valence-corrected chi connectivity index (χ3v) is 5.24. The number of carboxylic acids is 1. The summed E-state index contributed by atoms with van der Waals surface area (Å²) in [4.78, 5) is 40.0. The van der Waals surface area contributed by atoms with Crippen LogP contribution in [0.15, 0.2) is 53.3 Å². The summed E-state index contributed by atoms with van der Waals surface area (Å²) in [6.45, 7) is 2.20. The van der Waals surface area contributed by atoms with Crippen LogP contribution in [0.4, 0.5) is 5.95 Å². The number of aromatic nitrogens is 2. The van der Waals surface area contributed by atoms with Crippen LogP contribution in [0.5, 0.6) is 0 Å². The monoisotopic (exact) mass is 403 g/mol. The van der Waals surface area contributed by atoms with Crippen molar-refractivity contribution in [1.29, 1.82) is 0 Å². The van der Waals surface area contributed by atoms with Gasteiger partial charge < -0.3 is 9.67 Å². The molecule has 1 aliphatic rings. The summed E-state index contributed by atoms with van der Waals surface area (Å²) < 4.78 is 1.79. The van der Waals surface area contributed by atoms with E-state index in [1.807, 2.05) is 31.2 Å². The Balaban J connectivity index is 1.68. The topological polar surface area (TPSA) is 101 Å². The van der Waals surface area contributed by atoms with Crippen molar-refractivity contribution in [2.75, 3.05) is 5.32 Å². The van der Waals surface area contributed by atoms with E-state index in [9.17, 15) is 19.5 Å².